The molecule has 0 N–H and O–H groups in total. The fourth-order valence-corrected chi connectivity index (χ4v) is 1.91. The number of nitrogens with zero attached hydrogens (tertiary/aromatic N) is 1. The van der Waals surface area contributed by atoms with Gasteiger partial charge in [-0.3, -0.25) is 9.78 Å². The fraction of sp³-hybridized carbons (Fsp3) is 0.200. The quantitative estimate of drug-likeness (QED) is 0.773. The van der Waals surface area contributed by atoms with Gasteiger partial charge in [0.2, 0.25) is 0 Å². The van der Waals surface area contributed by atoms with Crippen molar-refractivity contribution in [3.05, 3.63) is 42.2 Å². The summed E-state index contributed by atoms with van der Waals surface area (Å²) in [4.78, 5) is 15.2. The molecule has 1 aromatic heterocycles. The van der Waals surface area contributed by atoms with Crippen LogP contribution in [0.2, 0.25) is 0 Å². The van der Waals surface area contributed by atoms with Gasteiger partial charge in [-0.25, -0.2) is 0 Å². The molecule has 0 aliphatic carbocycles. The first-order valence-corrected chi connectivity index (χ1v) is 6.00. The number of carbonyl (C=O) groups is 1. The lowest BCUT2D eigenvalue weighted by Crippen LogP contribution is -1.95. The number of pyridine rings is 1. The largest absolute Gasteiger partial charge is 0.495 e. The lowest BCUT2D eigenvalue weighted by Gasteiger charge is -2.11. The maximum atomic E-state index is 11.0. The maximum Gasteiger partial charge on any atom is 0.153 e. The molecule has 0 saturated carbocycles. The molecule has 0 unspecified atom stereocenters. The molecule has 2 aromatic rings. The number of aromatic nitrogens is 1. The van der Waals surface area contributed by atoms with E-state index in [0.717, 1.165) is 17.4 Å². The zero-order valence-electron chi connectivity index (χ0n) is 10.9. The Balaban J connectivity index is 2.52. The van der Waals surface area contributed by atoms with E-state index in [1.807, 2.05) is 25.1 Å². The van der Waals surface area contributed by atoms with Crippen LogP contribution in [-0.4, -0.2) is 25.0 Å². The molecule has 0 fully saturated rings. The summed E-state index contributed by atoms with van der Waals surface area (Å²) in [6.45, 7) is 2.50. The minimum absolute atomic E-state index is 0.516. The first-order chi connectivity index (χ1) is 9.30. The highest BCUT2D eigenvalue weighted by Gasteiger charge is 2.11. The molecular weight excluding hydrogens is 242 g/mol. The summed E-state index contributed by atoms with van der Waals surface area (Å²) < 4.78 is 10.7. The highest BCUT2D eigenvalue weighted by molar-refractivity contribution is 5.86. The third-order valence-corrected chi connectivity index (χ3v) is 2.71. The second-order valence-electron chi connectivity index (χ2n) is 3.89. The van der Waals surface area contributed by atoms with E-state index in [-0.39, 0.29) is 0 Å². The van der Waals surface area contributed by atoms with Crippen molar-refractivity contribution in [2.24, 2.45) is 0 Å². The average molecular weight is 257 g/mol. The molecule has 1 heterocycles. The Labute approximate surface area is 112 Å². The van der Waals surface area contributed by atoms with Crippen LogP contribution in [0.3, 0.4) is 0 Å². The second kappa shape index (κ2) is 6.00. The van der Waals surface area contributed by atoms with Crippen LogP contribution in [0.4, 0.5) is 0 Å². The summed E-state index contributed by atoms with van der Waals surface area (Å²) in [6.07, 6.45) is 4.15. The van der Waals surface area contributed by atoms with Gasteiger partial charge in [0, 0.05) is 17.3 Å². The van der Waals surface area contributed by atoms with Gasteiger partial charge in [0.25, 0.3) is 0 Å². The van der Waals surface area contributed by atoms with Crippen molar-refractivity contribution in [1.82, 2.24) is 4.98 Å². The van der Waals surface area contributed by atoms with Crippen molar-refractivity contribution in [3.63, 3.8) is 0 Å². The number of benzene rings is 1. The van der Waals surface area contributed by atoms with Crippen LogP contribution in [0.25, 0.3) is 11.1 Å². The molecule has 0 saturated heterocycles. The lowest BCUT2D eigenvalue weighted by molar-refractivity contribution is 0.112. The number of aldehydes is 1. The van der Waals surface area contributed by atoms with Gasteiger partial charge >= 0.3 is 0 Å². The minimum Gasteiger partial charge on any atom is -0.495 e. The van der Waals surface area contributed by atoms with Gasteiger partial charge in [-0.2, -0.15) is 0 Å². The summed E-state index contributed by atoms with van der Waals surface area (Å²) in [6, 6.07) is 7.30. The van der Waals surface area contributed by atoms with Crippen molar-refractivity contribution >= 4 is 6.29 Å². The number of rotatable bonds is 5. The van der Waals surface area contributed by atoms with Gasteiger partial charge in [0.05, 0.1) is 25.5 Å². The molecule has 0 radical (unpaired) electrons. The van der Waals surface area contributed by atoms with E-state index in [1.54, 1.807) is 25.6 Å². The van der Waals surface area contributed by atoms with E-state index >= 15 is 0 Å². The predicted octanol–water partition coefficient (Wildman–Crippen LogP) is 2.97. The second-order valence-corrected chi connectivity index (χ2v) is 3.89. The predicted molar refractivity (Wildman–Crippen MR) is 72.8 cm³/mol. The Morgan fingerprint density at radius 3 is 2.84 bits per heavy atom. The third kappa shape index (κ3) is 2.73. The van der Waals surface area contributed by atoms with Crippen molar-refractivity contribution in [2.45, 2.75) is 6.92 Å². The van der Waals surface area contributed by atoms with Crippen LogP contribution >= 0.6 is 0 Å². The molecule has 4 nitrogen and oxygen atoms in total. The van der Waals surface area contributed by atoms with E-state index in [0.29, 0.717) is 23.7 Å². The molecule has 98 valence electrons. The van der Waals surface area contributed by atoms with Gasteiger partial charge < -0.3 is 9.47 Å². The van der Waals surface area contributed by atoms with Gasteiger partial charge in [-0.1, -0.05) is 12.1 Å². The zero-order chi connectivity index (χ0) is 13.7. The number of para-hydroxylation sites is 1. The molecule has 4 heteroatoms. The van der Waals surface area contributed by atoms with Crippen molar-refractivity contribution in [1.29, 1.82) is 0 Å². The Bertz CT molecular complexity index is 581. The molecule has 19 heavy (non-hydrogen) atoms. The SMILES string of the molecule is CCOc1cncc(-c2cccc(C=O)c2OC)c1. The Morgan fingerprint density at radius 2 is 2.16 bits per heavy atom. The highest BCUT2D eigenvalue weighted by Crippen LogP contribution is 2.33. The Morgan fingerprint density at radius 1 is 1.32 bits per heavy atom. The monoisotopic (exact) mass is 257 g/mol. The molecule has 0 atom stereocenters. The van der Waals surface area contributed by atoms with E-state index in [4.69, 9.17) is 9.47 Å². The summed E-state index contributed by atoms with van der Waals surface area (Å²) >= 11 is 0. The van der Waals surface area contributed by atoms with Crippen LogP contribution in [0.1, 0.15) is 17.3 Å². The van der Waals surface area contributed by atoms with Crippen LogP contribution in [-0.2, 0) is 0 Å². The number of ether oxygens (including phenoxy) is 2. The summed E-state index contributed by atoms with van der Waals surface area (Å²) in [7, 11) is 1.55. The van der Waals surface area contributed by atoms with Gasteiger partial charge in [-0.05, 0) is 19.1 Å². The van der Waals surface area contributed by atoms with Crippen molar-refractivity contribution in [2.75, 3.05) is 13.7 Å². The third-order valence-electron chi connectivity index (χ3n) is 2.71. The molecule has 0 amide bonds. The van der Waals surface area contributed by atoms with Gasteiger partial charge in [0.1, 0.15) is 11.5 Å². The first-order valence-electron chi connectivity index (χ1n) is 6.00. The smallest absolute Gasteiger partial charge is 0.153 e. The number of hydrogen-bond donors (Lipinski definition) is 0. The molecule has 2 rings (SSSR count). The Hall–Kier alpha value is -2.36. The number of hydrogen-bond acceptors (Lipinski definition) is 4. The fourth-order valence-electron chi connectivity index (χ4n) is 1.91. The number of methoxy groups -OCH3 is 1. The molecular formula is C15H15NO3. The average Bonchev–Trinajstić information content (AvgIpc) is 2.47. The van der Waals surface area contributed by atoms with E-state index < -0.39 is 0 Å². The van der Waals surface area contributed by atoms with E-state index in [9.17, 15) is 4.79 Å². The van der Waals surface area contributed by atoms with E-state index in [2.05, 4.69) is 4.98 Å². The van der Waals surface area contributed by atoms with Crippen LogP contribution in [0, 0.1) is 0 Å². The first kappa shape index (κ1) is 13.1. The summed E-state index contributed by atoms with van der Waals surface area (Å²) in [5.74, 6) is 1.24. The molecule has 0 bridgehead atoms. The molecule has 1 aromatic carbocycles. The topological polar surface area (TPSA) is 48.4 Å². The van der Waals surface area contributed by atoms with E-state index in [1.165, 1.54) is 0 Å². The highest BCUT2D eigenvalue weighted by atomic mass is 16.5. The minimum atomic E-state index is 0.516. The molecule has 0 aliphatic heterocycles. The lowest BCUT2D eigenvalue weighted by atomic mass is 10.0. The molecule has 0 aliphatic rings. The van der Waals surface area contributed by atoms with Crippen LogP contribution in [0.15, 0.2) is 36.7 Å². The van der Waals surface area contributed by atoms with Gasteiger partial charge in [-0.15, -0.1) is 0 Å². The summed E-state index contributed by atoms with van der Waals surface area (Å²) in [5.41, 5.74) is 2.19. The number of carbonyl (C=O) groups excluding carboxylic acids is 1. The van der Waals surface area contributed by atoms with Crippen molar-refractivity contribution < 1.29 is 14.3 Å². The molecule has 0 spiro atoms. The zero-order valence-corrected chi connectivity index (χ0v) is 10.9. The normalized spacial score (nSPS) is 10.0. The van der Waals surface area contributed by atoms with Gasteiger partial charge in [0.15, 0.2) is 6.29 Å². The van der Waals surface area contributed by atoms with Crippen LogP contribution < -0.4 is 9.47 Å². The van der Waals surface area contributed by atoms with Crippen LogP contribution in [0.5, 0.6) is 11.5 Å². The standard InChI is InChI=1S/C15H15NO3/c1-3-19-13-7-12(8-16-9-13)14-6-4-5-11(10-17)15(14)18-2/h4-10H,3H2,1-2H3. The summed E-state index contributed by atoms with van der Waals surface area (Å²) in [5, 5.41) is 0. The maximum absolute atomic E-state index is 11.0. The van der Waals surface area contributed by atoms with Crippen molar-refractivity contribution in [3.8, 4) is 22.6 Å². The Kier molecular flexibility index (Phi) is 4.13.